The maximum Gasteiger partial charge on any atom is 0.337 e. The maximum atomic E-state index is 12.0. The molecule has 102 valence electrons. The average molecular weight is 264 g/mol. The topological polar surface area (TPSA) is 89.9 Å². The lowest BCUT2D eigenvalue weighted by molar-refractivity contribution is 0.0697. The molecule has 0 bridgehead atoms. The van der Waals surface area contributed by atoms with Gasteiger partial charge in [-0.25, -0.2) is 9.59 Å². The summed E-state index contributed by atoms with van der Waals surface area (Å²) in [7, 11) is 0. The second kappa shape index (κ2) is 5.17. The van der Waals surface area contributed by atoms with Crippen molar-refractivity contribution in [3.05, 3.63) is 23.8 Å². The quantitative estimate of drug-likeness (QED) is 0.726. The molecule has 0 saturated heterocycles. The van der Waals surface area contributed by atoms with E-state index in [0.29, 0.717) is 6.54 Å². The van der Waals surface area contributed by atoms with E-state index in [-0.39, 0.29) is 29.1 Å². The van der Waals surface area contributed by atoms with E-state index >= 15 is 0 Å². The molecule has 0 spiro atoms. The Kier molecular flexibility index (Phi) is 3.59. The summed E-state index contributed by atoms with van der Waals surface area (Å²) in [6, 6.07) is 3.80. The molecule has 0 atom stereocenters. The number of benzene rings is 1. The van der Waals surface area contributed by atoms with Crippen LogP contribution in [-0.4, -0.2) is 39.7 Å². The Hall–Kier alpha value is -2.24. The number of aromatic hydroxyl groups is 1. The summed E-state index contributed by atoms with van der Waals surface area (Å²) < 4.78 is 0. The van der Waals surface area contributed by atoms with Crippen molar-refractivity contribution in [3.63, 3.8) is 0 Å². The van der Waals surface area contributed by atoms with E-state index in [0.717, 1.165) is 18.9 Å². The second-order valence-electron chi connectivity index (χ2n) is 4.48. The molecule has 0 unspecified atom stereocenters. The third-order valence-corrected chi connectivity index (χ3v) is 3.06. The van der Waals surface area contributed by atoms with Crippen molar-refractivity contribution in [2.45, 2.75) is 25.8 Å². The number of urea groups is 1. The largest absolute Gasteiger partial charge is 0.508 e. The van der Waals surface area contributed by atoms with E-state index in [1.54, 1.807) is 4.90 Å². The maximum absolute atomic E-state index is 12.0. The minimum absolute atomic E-state index is 0.125. The molecule has 3 N–H and O–H groups in total. The van der Waals surface area contributed by atoms with Gasteiger partial charge >= 0.3 is 12.0 Å². The minimum Gasteiger partial charge on any atom is -0.508 e. The van der Waals surface area contributed by atoms with Gasteiger partial charge in [-0.2, -0.15) is 0 Å². The summed E-state index contributed by atoms with van der Waals surface area (Å²) in [4.78, 5) is 24.8. The summed E-state index contributed by atoms with van der Waals surface area (Å²) in [6.07, 6.45) is 1.98. The number of nitrogens with one attached hydrogen (secondary N) is 1. The fourth-order valence-corrected chi connectivity index (χ4v) is 1.96. The highest BCUT2D eigenvalue weighted by molar-refractivity contribution is 6.00. The zero-order chi connectivity index (χ0) is 14.0. The van der Waals surface area contributed by atoms with E-state index in [1.165, 1.54) is 12.1 Å². The van der Waals surface area contributed by atoms with Crippen LogP contribution in [0.4, 0.5) is 10.5 Å². The molecule has 1 aromatic rings. The zero-order valence-electron chi connectivity index (χ0n) is 10.6. The van der Waals surface area contributed by atoms with Crippen LogP contribution in [0.5, 0.6) is 5.75 Å². The molecule has 1 aliphatic carbocycles. The van der Waals surface area contributed by atoms with E-state index < -0.39 is 5.97 Å². The molecule has 19 heavy (non-hydrogen) atoms. The number of nitrogens with zero attached hydrogens (tertiary/aromatic N) is 1. The highest BCUT2D eigenvalue weighted by Gasteiger charge is 2.31. The standard InChI is InChI=1S/C13H16N2O4/c1-2-15(8-3-4-8)13(19)14-11-6-5-9(16)7-10(11)12(17)18/h5-8,16H,2-4H2,1H3,(H,14,19)(H,17,18). The summed E-state index contributed by atoms with van der Waals surface area (Å²) in [5, 5.41) is 20.9. The number of rotatable bonds is 4. The van der Waals surface area contributed by atoms with Crippen LogP contribution in [0, 0.1) is 0 Å². The molecule has 0 heterocycles. The smallest absolute Gasteiger partial charge is 0.337 e. The molecule has 0 aromatic heterocycles. The number of phenols is 1. The van der Waals surface area contributed by atoms with Crippen molar-refractivity contribution in [1.29, 1.82) is 0 Å². The van der Waals surface area contributed by atoms with E-state index in [4.69, 9.17) is 5.11 Å². The number of carboxylic acids is 1. The molecule has 2 rings (SSSR count). The number of hydrogen-bond acceptors (Lipinski definition) is 3. The number of anilines is 1. The van der Waals surface area contributed by atoms with Gasteiger partial charge in [0, 0.05) is 12.6 Å². The first kappa shape index (κ1) is 13.2. The van der Waals surface area contributed by atoms with Crippen molar-refractivity contribution in [2.75, 3.05) is 11.9 Å². The third-order valence-electron chi connectivity index (χ3n) is 3.06. The van der Waals surface area contributed by atoms with Gasteiger partial charge in [0.05, 0.1) is 11.3 Å². The molecule has 6 nitrogen and oxygen atoms in total. The molecule has 6 heteroatoms. The first-order valence-electron chi connectivity index (χ1n) is 6.17. The molecular weight excluding hydrogens is 248 g/mol. The van der Waals surface area contributed by atoms with E-state index in [1.807, 2.05) is 6.92 Å². The zero-order valence-corrected chi connectivity index (χ0v) is 10.6. The predicted molar refractivity (Wildman–Crippen MR) is 69.5 cm³/mol. The monoisotopic (exact) mass is 264 g/mol. The van der Waals surface area contributed by atoms with Gasteiger partial charge in [0.25, 0.3) is 0 Å². The third kappa shape index (κ3) is 2.96. The van der Waals surface area contributed by atoms with Gasteiger partial charge in [-0.3, -0.25) is 0 Å². The first-order chi connectivity index (χ1) is 9.02. The van der Waals surface area contributed by atoms with Crippen molar-refractivity contribution in [2.24, 2.45) is 0 Å². The SMILES string of the molecule is CCN(C(=O)Nc1ccc(O)cc1C(=O)O)C1CC1. The number of amides is 2. The van der Waals surface area contributed by atoms with Crippen LogP contribution in [-0.2, 0) is 0 Å². The lowest BCUT2D eigenvalue weighted by Crippen LogP contribution is -2.36. The number of carbonyl (C=O) groups excluding carboxylic acids is 1. The number of carboxylic acid groups (broad SMARTS) is 1. The van der Waals surface area contributed by atoms with Gasteiger partial charge in [0.2, 0.25) is 0 Å². The van der Waals surface area contributed by atoms with Gasteiger partial charge in [-0.15, -0.1) is 0 Å². The molecule has 2 amide bonds. The lowest BCUT2D eigenvalue weighted by atomic mass is 10.1. The molecule has 1 aromatic carbocycles. The Morgan fingerprint density at radius 3 is 2.63 bits per heavy atom. The predicted octanol–water partition coefficient (Wildman–Crippen LogP) is 2.11. The Labute approximate surface area is 110 Å². The Balaban J connectivity index is 2.18. The average Bonchev–Trinajstić information content (AvgIpc) is 3.16. The molecule has 1 aliphatic rings. The molecule has 0 aliphatic heterocycles. The van der Waals surface area contributed by atoms with E-state index in [2.05, 4.69) is 5.32 Å². The highest BCUT2D eigenvalue weighted by atomic mass is 16.4. The van der Waals surface area contributed by atoms with Gasteiger partial charge in [0.1, 0.15) is 5.75 Å². The van der Waals surface area contributed by atoms with Crippen LogP contribution in [0.1, 0.15) is 30.1 Å². The summed E-state index contributed by atoms with van der Waals surface area (Å²) in [5.74, 6) is -1.34. The van der Waals surface area contributed by atoms with Gasteiger partial charge in [-0.1, -0.05) is 0 Å². The van der Waals surface area contributed by atoms with Crippen LogP contribution in [0.3, 0.4) is 0 Å². The fourth-order valence-electron chi connectivity index (χ4n) is 1.96. The number of hydrogen-bond donors (Lipinski definition) is 3. The number of aromatic carboxylic acids is 1. The second-order valence-corrected chi connectivity index (χ2v) is 4.48. The van der Waals surface area contributed by atoms with Crippen molar-refractivity contribution in [3.8, 4) is 5.75 Å². The summed E-state index contributed by atoms with van der Waals surface area (Å²) in [6.45, 7) is 2.46. The van der Waals surface area contributed by atoms with Crippen LogP contribution in [0.15, 0.2) is 18.2 Å². The highest BCUT2D eigenvalue weighted by Crippen LogP contribution is 2.28. The van der Waals surface area contributed by atoms with Crippen LogP contribution < -0.4 is 5.32 Å². The number of carbonyl (C=O) groups is 2. The molecule has 1 saturated carbocycles. The number of phenolic OH excluding ortho intramolecular Hbond substituents is 1. The fraction of sp³-hybridized carbons (Fsp3) is 0.385. The first-order valence-corrected chi connectivity index (χ1v) is 6.17. The van der Waals surface area contributed by atoms with Gasteiger partial charge < -0.3 is 20.4 Å². The van der Waals surface area contributed by atoms with Crippen LogP contribution in [0.2, 0.25) is 0 Å². The van der Waals surface area contributed by atoms with Crippen molar-refractivity contribution < 1.29 is 19.8 Å². The Morgan fingerprint density at radius 1 is 1.42 bits per heavy atom. The normalized spacial score (nSPS) is 13.9. The van der Waals surface area contributed by atoms with Crippen LogP contribution >= 0.6 is 0 Å². The summed E-state index contributed by atoms with van der Waals surface area (Å²) >= 11 is 0. The van der Waals surface area contributed by atoms with Gasteiger partial charge in [0.15, 0.2) is 0 Å². The molecule has 1 fully saturated rings. The van der Waals surface area contributed by atoms with Crippen LogP contribution in [0.25, 0.3) is 0 Å². The molecule has 0 radical (unpaired) electrons. The van der Waals surface area contributed by atoms with E-state index in [9.17, 15) is 14.7 Å². The molecular formula is C13H16N2O4. The van der Waals surface area contributed by atoms with Gasteiger partial charge in [-0.05, 0) is 38.0 Å². The van der Waals surface area contributed by atoms with Crippen molar-refractivity contribution >= 4 is 17.7 Å². The lowest BCUT2D eigenvalue weighted by Gasteiger charge is -2.21. The Morgan fingerprint density at radius 2 is 2.11 bits per heavy atom. The summed E-state index contributed by atoms with van der Waals surface area (Å²) in [5.41, 5.74) is 0.0644. The minimum atomic E-state index is -1.19. The Bertz CT molecular complexity index is 511. The van der Waals surface area contributed by atoms with Crippen molar-refractivity contribution in [1.82, 2.24) is 4.90 Å².